The molecule has 1 unspecified atom stereocenters. The molecule has 1 saturated heterocycles. The minimum atomic E-state index is -3.99. The zero-order valence-electron chi connectivity index (χ0n) is 17.2. The molecule has 1 atom stereocenters. The number of carbonyl (C=O) groups excluding carboxylic acids is 2. The highest BCUT2D eigenvalue weighted by atomic mass is 32.2. The molecule has 0 spiro atoms. The smallest absolute Gasteiger partial charge is 0.338 e. The number of anilines is 1. The number of ether oxygens (including phenoxy) is 1. The molecule has 0 aromatic heterocycles. The number of halogens is 2. The van der Waals surface area contributed by atoms with E-state index >= 15 is 0 Å². The number of hydrogen-bond donors (Lipinski definition) is 0. The number of nitrogens with zero attached hydrogens (tertiary/aromatic N) is 2. The molecule has 0 aliphatic carbocycles. The van der Waals surface area contributed by atoms with Gasteiger partial charge < -0.3 is 9.64 Å². The van der Waals surface area contributed by atoms with Crippen molar-refractivity contribution in [3.63, 3.8) is 0 Å². The summed E-state index contributed by atoms with van der Waals surface area (Å²) in [7, 11) is -3.99. The largest absolute Gasteiger partial charge is 0.451 e. The third-order valence-corrected chi connectivity index (χ3v) is 6.77. The van der Waals surface area contributed by atoms with Crippen molar-refractivity contribution in [1.82, 2.24) is 0 Å². The third kappa shape index (κ3) is 4.14. The van der Waals surface area contributed by atoms with Gasteiger partial charge in [0.05, 0.1) is 11.3 Å². The van der Waals surface area contributed by atoms with E-state index in [-0.39, 0.29) is 16.0 Å². The fourth-order valence-electron chi connectivity index (χ4n) is 3.77. The Hall–Kier alpha value is -3.14. The van der Waals surface area contributed by atoms with Crippen LogP contribution in [0.15, 0.2) is 45.7 Å². The van der Waals surface area contributed by atoms with Gasteiger partial charge in [0.2, 0.25) is 5.78 Å². The minimum absolute atomic E-state index is 0.0641. The van der Waals surface area contributed by atoms with Gasteiger partial charge in [-0.2, -0.15) is 8.42 Å². The number of hydrogen-bond acceptors (Lipinski definition) is 6. The first-order valence-corrected chi connectivity index (χ1v) is 11.6. The molecule has 1 fully saturated rings. The number of carbonyl (C=O) groups is 2. The maximum atomic E-state index is 13.4. The van der Waals surface area contributed by atoms with Gasteiger partial charge in [0.1, 0.15) is 10.7 Å². The zero-order chi connectivity index (χ0) is 23.0. The van der Waals surface area contributed by atoms with Crippen molar-refractivity contribution in [1.29, 1.82) is 0 Å². The Kier molecular flexibility index (Phi) is 5.81. The van der Waals surface area contributed by atoms with Crippen molar-refractivity contribution >= 4 is 33.3 Å². The number of Topliss-reactive ketones (excluding diaryl/α,β-unsaturated/α-hetero) is 1. The first kappa shape index (κ1) is 22.1. The second-order valence-electron chi connectivity index (χ2n) is 7.67. The number of sulfonamides is 1. The summed E-state index contributed by atoms with van der Waals surface area (Å²) in [6, 6.07) is 6.78. The van der Waals surface area contributed by atoms with Crippen LogP contribution in [-0.2, 0) is 14.8 Å². The fourth-order valence-corrected chi connectivity index (χ4v) is 5.06. The Morgan fingerprint density at radius 3 is 2.53 bits per heavy atom. The average molecular weight is 462 g/mol. The first-order valence-electron chi connectivity index (χ1n) is 10.1. The van der Waals surface area contributed by atoms with Crippen LogP contribution in [0.4, 0.5) is 14.5 Å². The van der Waals surface area contributed by atoms with Gasteiger partial charge in [-0.05, 0) is 56.2 Å². The quantitative estimate of drug-likeness (QED) is 0.506. The van der Waals surface area contributed by atoms with E-state index in [0.29, 0.717) is 24.5 Å². The molecule has 10 heteroatoms. The fraction of sp³-hybridized carbons (Fsp3) is 0.318. The van der Waals surface area contributed by atoms with Crippen molar-refractivity contribution < 1.29 is 31.5 Å². The molecule has 2 heterocycles. The van der Waals surface area contributed by atoms with E-state index < -0.39 is 39.5 Å². The Morgan fingerprint density at radius 1 is 1.03 bits per heavy atom. The van der Waals surface area contributed by atoms with E-state index in [9.17, 15) is 26.8 Å². The summed E-state index contributed by atoms with van der Waals surface area (Å²) < 4.78 is 61.0. The summed E-state index contributed by atoms with van der Waals surface area (Å²) in [5.74, 6) is -3.44. The van der Waals surface area contributed by atoms with Gasteiger partial charge in [0.25, 0.3) is 10.0 Å². The summed E-state index contributed by atoms with van der Waals surface area (Å²) >= 11 is 0. The lowest BCUT2D eigenvalue weighted by atomic mass is 10.1. The van der Waals surface area contributed by atoms with Gasteiger partial charge in [-0.25, -0.2) is 13.6 Å². The lowest BCUT2D eigenvalue weighted by molar-refractivity contribution is 0.0318. The topological polar surface area (TPSA) is 93.1 Å². The van der Waals surface area contributed by atoms with Gasteiger partial charge in [-0.1, -0.05) is 6.42 Å². The van der Waals surface area contributed by atoms with E-state index in [2.05, 4.69) is 4.40 Å². The van der Waals surface area contributed by atoms with Crippen LogP contribution in [0.3, 0.4) is 0 Å². The molecule has 2 aromatic rings. The van der Waals surface area contributed by atoms with Crippen LogP contribution in [0.2, 0.25) is 0 Å². The first-order chi connectivity index (χ1) is 15.2. The molecule has 2 aliphatic heterocycles. The molecular formula is C22H20F2N2O5S. The second kappa shape index (κ2) is 8.42. The van der Waals surface area contributed by atoms with Crippen LogP contribution < -0.4 is 4.90 Å². The van der Waals surface area contributed by atoms with Gasteiger partial charge in [0, 0.05) is 18.5 Å². The van der Waals surface area contributed by atoms with Crippen LogP contribution >= 0.6 is 0 Å². The van der Waals surface area contributed by atoms with E-state index in [1.165, 1.54) is 25.1 Å². The van der Waals surface area contributed by atoms with Crippen LogP contribution in [0.25, 0.3) is 0 Å². The molecular weight excluding hydrogens is 442 g/mol. The predicted octanol–water partition coefficient (Wildman–Crippen LogP) is 3.87. The third-order valence-electron chi connectivity index (χ3n) is 5.44. The lowest BCUT2D eigenvalue weighted by Gasteiger charge is -2.29. The monoisotopic (exact) mass is 462 g/mol. The number of benzene rings is 2. The number of ketones is 1. The SMILES string of the molecule is CC(OC(=O)c1ccc2c(c1)S(=O)(=O)N=C1CCCCCN12)C(=O)c1ccc(F)c(F)c1. The van der Waals surface area contributed by atoms with Crippen molar-refractivity contribution in [2.45, 2.75) is 43.6 Å². The van der Waals surface area contributed by atoms with Crippen LogP contribution in [0.5, 0.6) is 0 Å². The van der Waals surface area contributed by atoms with Crippen molar-refractivity contribution in [2.75, 3.05) is 11.4 Å². The van der Waals surface area contributed by atoms with E-state index in [0.717, 1.165) is 37.5 Å². The standard InChI is InChI=1S/C22H20F2N2O5S/c1-13(21(27)14-6-8-16(23)17(24)11-14)31-22(28)15-7-9-18-19(12-15)32(29,30)25-20-5-3-2-4-10-26(18)20/h6-9,11-13H,2-5,10H2,1H3. The number of fused-ring (bicyclic) bond motifs is 3. The number of amidine groups is 1. The highest BCUT2D eigenvalue weighted by Gasteiger charge is 2.32. The molecule has 0 saturated carbocycles. The van der Waals surface area contributed by atoms with Crippen LogP contribution in [-0.4, -0.2) is 38.7 Å². The minimum Gasteiger partial charge on any atom is -0.451 e. The molecule has 7 nitrogen and oxygen atoms in total. The van der Waals surface area contributed by atoms with Gasteiger partial charge >= 0.3 is 5.97 Å². The highest BCUT2D eigenvalue weighted by Crippen LogP contribution is 2.35. The van der Waals surface area contributed by atoms with Crippen molar-refractivity contribution in [3.05, 3.63) is 59.2 Å². The molecule has 0 bridgehead atoms. The van der Waals surface area contributed by atoms with E-state index in [1.54, 1.807) is 0 Å². The molecule has 168 valence electrons. The normalized spacial score (nSPS) is 18.0. The summed E-state index contributed by atoms with van der Waals surface area (Å²) in [5.41, 5.74) is 0.241. The van der Waals surface area contributed by atoms with E-state index in [1.807, 2.05) is 4.90 Å². The molecule has 0 amide bonds. The molecule has 4 rings (SSSR count). The molecule has 0 radical (unpaired) electrons. The zero-order valence-corrected chi connectivity index (χ0v) is 18.0. The van der Waals surface area contributed by atoms with Gasteiger partial charge in [-0.15, -0.1) is 4.40 Å². The van der Waals surface area contributed by atoms with Crippen LogP contribution in [0, 0.1) is 11.6 Å². The maximum Gasteiger partial charge on any atom is 0.338 e. The number of rotatable bonds is 4. The molecule has 0 N–H and O–H groups in total. The summed E-state index contributed by atoms with van der Waals surface area (Å²) in [6.45, 7) is 1.93. The predicted molar refractivity (Wildman–Crippen MR) is 112 cm³/mol. The summed E-state index contributed by atoms with van der Waals surface area (Å²) in [5, 5.41) is 0. The Balaban J connectivity index is 1.57. The molecule has 2 aliphatic rings. The maximum absolute atomic E-state index is 13.4. The van der Waals surface area contributed by atoms with Gasteiger partial charge in [0.15, 0.2) is 17.7 Å². The van der Waals surface area contributed by atoms with Crippen LogP contribution in [0.1, 0.15) is 53.3 Å². The lowest BCUT2D eigenvalue weighted by Crippen LogP contribution is -2.35. The number of esters is 1. The molecule has 32 heavy (non-hydrogen) atoms. The van der Waals surface area contributed by atoms with Gasteiger partial charge in [-0.3, -0.25) is 4.79 Å². The average Bonchev–Trinajstić information content (AvgIpc) is 2.99. The summed E-state index contributed by atoms with van der Waals surface area (Å²) in [6.07, 6.45) is 1.99. The van der Waals surface area contributed by atoms with E-state index in [4.69, 9.17) is 4.74 Å². The summed E-state index contributed by atoms with van der Waals surface area (Å²) in [4.78, 5) is 26.8. The van der Waals surface area contributed by atoms with Crippen molar-refractivity contribution in [3.8, 4) is 0 Å². The Morgan fingerprint density at radius 2 is 1.78 bits per heavy atom. The Labute approximate surface area is 183 Å². The second-order valence-corrected chi connectivity index (χ2v) is 9.24. The Bertz CT molecular complexity index is 1240. The molecule has 2 aromatic carbocycles. The van der Waals surface area contributed by atoms with Crippen molar-refractivity contribution in [2.24, 2.45) is 4.40 Å². The highest BCUT2D eigenvalue weighted by molar-refractivity contribution is 7.90.